The summed E-state index contributed by atoms with van der Waals surface area (Å²) >= 11 is 0. The lowest BCUT2D eigenvalue weighted by Crippen LogP contribution is -2.45. The normalized spacial score (nSPS) is 18.5. The standard InChI is InChI=1S/C22H24F3N3O3S/c23-22(24,25)19-6-1-2-7-20(19)32(30,31)27-13-10-16(11-14-27)21(29)28(18-8-9-18)15-17-5-3-4-12-26-17/h1-7,12,16,18H,8-11,13-15H2. The molecular weight excluding hydrogens is 443 g/mol. The van der Waals surface area contributed by atoms with Gasteiger partial charge in [-0.25, -0.2) is 8.42 Å². The van der Waals surface area contributed by atoms with Crippen LogP contribution in [0.2, 0.25) is 0 Å². The van der Waals surface area contributed by atoms with Crippen LogP contribution in [0.1, 0.15) is 36.9 Å². The van der Waals surface area contributed by atoms with Crippen molar-refractivity contribution in [3.8, 4) is 0 Å². The second kappa shape index (κ2) is 8.82. The van der Waals surface area contributed by atoms with E-state index in [4.69, 9.17) is 0 Å². The maximum Gasteiger partial charge on any atom is 0.417 e. The predicted octanol–water partition coefficient (Wildman–Crippen LogP) is 3.69. The van der Waals surface area contributed by atoms with Crippen molar-refractivity contribution in [1.29, 1.82) is 0 Å². The molecule has 172 valence electrons. The molecule has 6 nitrogen and oxygen atoms in total. The summed E-state index contributed by atoms with van der Waals surface area (Å²) in [6, 6.07) is 9.90. The zero-order valence-electron chi connectivity index (χ0n) is 17.3. The van der Waals surface area contributed by atoms with Crippen LogP contribution in [0.5, 0.6) is 0 Å². The Morgan fingerprint density at radius 1 is 1.03 bits per heavy atom. The average molecular weight is 468 g/mol. The lowest BCUT2D eigenvalue weighted by atomic mass is 9.96. The highest BCUT2D eigenvalue weighted by molar-refractivity contribution is 7.89. The molecule has 1 amide bonds. The van der Waals surface area contributed by atoms with Gasteiger partial charge in [0.2, 0.25) is 15.9 Å². The number of alkyl halides is 3. The van der Waals surface area contributed by atoms with Crippen LogP contribution < -0.4 is 0 Å². The van der Waals surface area contributed by atoms with E-state index >= 15 is 0 Å². The number of hydrogen-bond donors (Lipinski definition) is 0. The molecule has 0 bridgehead atoms. The van der Waals surface area contributed by atoms with Gasteiger partial charge < -0.3 is 4.90 Å². The molecule has 10 heteroatoms. The Balaban J connectivity index is 1.45. The van der Waals surface area contributed by atoms with Crippen molar-refractivity contribution in [2.24, 2.45) is 5.92 Å². The minimum absolute atomic E-state index is 0.00697. The molecule has 0 N–H and O–H groups in total. The number of nitrogens with zero attached hydrogens (tertiary/aromatic N) is 3. The number of sulfonamides is 1. The first-order chi connectivity index (χ1) is 15.2. The first kappa shape index (κ1) is 22.7. The monoisotopic (exact) mass is 467 g/mol. The molecule has 1 aromatic carbocycles. The number of carbonyl (C=O) groups is 1. The van der Waals surface area contributed by atoms with Crippen LogP contribution in [0.4, 0.5) is 13.2 Å². The fourth-order valence-corrected chi connectivity index (χ4v) is 5.76. The van der Waals surface area contributed by atoms with Crippen molar-refractivity contribution >= 4 is 15.9 Å². The SMILES string of the molecule is O=C(C1CCN(S(=O)(=O)c2ccccc2C(F)(F)F)CC1)N(Cc1ccccn1)C1CC1. The van der Waals surface area contributed by atoms with Gasteiger partial charge in [-0.15, -0.1) is 0 Å². The number of hydrogen-bond acceptors (Lipinski definition) is 4. The van der Waals surface area contributed by atoms with Crippen LogP contribution >= 0.6 is 0 Å². The Morgan fingerprint density at radius 2 is 1.69 bits per heavy atom. The van der Waals surface area contributed by atoms with Crippen LogP contribution in [-0.4, -0.2) is 47.6 Å². The Morgan fingerprint density at radius 3 is 2.28 bits per heavy atom. The summed E-state index contributed by atoms with van der Waals surface area (Å²) in [7, 11) is -4.32. The van der Waals surface area contributed by atoms with Gasteiger partial charge in [-0.1, -0.05) is 18.2 Å². The van der Waals surface area contributed by atoms with Crippen LogP contribution in [0, 0.1) is 5.92 Å². The van der Waals surface area contributed by atoms with Gasteiger partial charge in [0.15, 0.2) is 0 Å². The summed E-state index contributed by atoms with van der Waals surface area (Å²) in [6.07, 6.45) is -0.684. The minimum Gasteiger partial charge on any atom is -0.334 e. The first-order valence-electron chi connectivity index (χ1n) is 10.5. The Kier molecular flexibility index (Phi) is 6.26. The van der Waals surface area contributed by atoms with E-state index < -0.39 is 26.7 Å². The summed E-state index contributed by atoms with van der Waals surface area (Å²) < 4.78 is 66.9. The second-order valence-electron chi connectivity index (χ2n) is 8.19. The van der Waals surface area contributed by atoms with Gasteiger partial charge >= 0.3 is 6.18 Å². The molecule has 1 saturated carbocycles. The zero-order valence-corrected chi connectivity index (χ0v) is 18.1. The Bertz CT molecular complexity index is 1060. The van der Waals surface area contributed by atoms with E-state index in [2.05, 4.69) is 4.98 Å². The molecule has 1 aromatic heterocycles. The van der Waals surface area contributed by atoms with E-state index in [0.717, 1.165) is 35.0 Å². The van der Waals surface area contributed by atoms with Gasteiger partial charge in [0.05, 0.1) is 22.7 Å². The second-order valence-corrected chi connectivity index (χ2v) is 10.1. The average Bonchev–Trinajstić information content (AvgIpc) is 3.62. The highest BCUT2D eigenvalue weighted by Crippen LogP contribution is 2.37. The summed E-state index contributed by atoms with van der Waals surface area (Å²) in [4.78, 5) is 18.5. The molecule has 1 aliphatic heterocycles. The molecule has 0 spiro atoms. The topological polar surface area (TPSA) is 70.6 Å². The largest absolute Gasteiger partial charge is 0.417 e. The van der Waals surface area contributed by atoms with Crippen LogP contribution in [0.25, 0.3) is 0 Å². The van der Waals surface area contributed by atoms with Crippen LogP contribution in [0.3, 0.4) is 0 Å². The number of pyridine rings is 1. The molecule has 32 heavy (non-hydrogen) atoms. The van der Waals surface area contributed by atoms with Gasteiger partial charge in [-0.2, -0.15) is 17.5 Å². The fourth-order valence-electron chi connectivity index (χ4n) is 4.08. The molecule has 4 rings (SSSR count). The molecule has 0 unspecified atom stereocenters. The lowest BCUT2D eigenvalue weighted by molar-refractivity contribution is -0.140. The molecule has 2 aliphatic rings. The highest BCUT2D eigenvalue weighted by Gasteiger charge is 2.42. The van der Waals surface area contributed by atoms with Crippen LogP contribution in [0.15, 0.2) is 53.6 Å². The number of amides is 1. The van der Waals surface area contributed by atoms with Gasteiger partial charge in [0.1, 0.15) is 0 Å². The molecule has 2 fully saturated rings. The quantitative estimate of drug-likeness (QED) is 0.650. The number of aromatic nitrogens is 1. The number of benzene rings is 1. The van der Waals surface area contributed by atoms with E-state index in [9.17, 15) is 26.4 Å². The van der Waals surface area contributed by atoms with E-state index in [1.165, 1.54) is 12.1 Å². The number of halogens is 3. The summed E-state index contributed by atoms with van der Waals surface area (Å²) in [5.74, 6) is -0.394. The smallest absolute Gasteiger partial charge is 0.334 e. The van der Waals surface area contributed by atoms with E-state index in [0.29, 0.717) is 6.54 Å². The summed E-state index contributed by atoms with van der Waals surface area (Å²) in [5, 5.41) is 0. The zero-order chi connectivity index (χ0) is 22.9. The Hall–Kier alpha value is -2.46. The van der Waals surface area contributed by atoms with E-state index in [1.807, 2.05) is 17.0 Å². The van der Waals surface area contributed by atoms with Crippen molar-refractivity contribution in [2.75, 3.05) is 13.1 Å². The molecule has 1 saturated heterocycles. The van der Waals surface area contributed by atoms with Gasteiger partial charge in [0, 0.05) is 31.2 Å². The van der Waals surface area contributed by atoms with Crippen molar-refractivity contribution in [1.82, 2.24) is 14.2 Å². The van der Waals surface area contributed by atoms with Crippen LogP contribution in [-0.2, 0) is 27.5 Å². The van der Waals surface area contributed by atoms with Gasteiger partial charge in [-0.05, 0) is 49.9 Å². The minimum atomic E-state index is -4.77. The third-order valence-electron chi connectivity index (χ3n) is 5.94. The first-order valence-corrected chi connectivity index (χ1v) is 12.0. The molecule has 2 heterocycles. The van der Waals surface area contributed by atoms with Crippen molar-refractivity contribution in [3.63, 3.8) is 0 Å². The van der Waals surface area contributed by atoms with Gasteiger partial charge in [0.25, 0.3) is 0 Å². The van der Waals surface area contributed by atoms with E-state index in [-0.39, 0.29) is 43.8 Å². The van der Waals surface area contributed by atoms with E-state index in [1.54, 1.807) is 12.3 Å². The third-order valence-corrected chi connectivity index (χ3v) is 7.90. The maximum atomic E-state index is 13.3. The predicted molar refractivity (Wildman–Crippen MR) is 111 cm³/mol. The van der Waals surface area contributed by atoms with Crippen molar-refractivity contribution in [2.45, 2.75) is 49.3 Å². The molecule has 1 aliphatic carbocycles. The molecule has 0 radical (unpaired) electrons. The fraction of sp³-hybridized carbons (Fsp3) is 0.455. The maximum absolute atomic E-state index is 13.3. The number of piperidine rings is 1. The highest BCUT2D eigenvalue weighted by atomic mass is 32.2. The molecule has 0 atom stereocenters. The number of rotatable bonds is 6. The number of carbonyl (C=O) groups excluding carboxylic acids is 1. The van der Waals surface area contributed by atoms with Crippen molar-refractivity contribution in [3.05, 3.63) is 59.9 Å². The lowest BCUT2D eigenvalue weighted by Gasteiger charge is -2.34. The summed E-state index contributed by atoms with van der Waals surface area (Å²) in [5.41, 5.74) is -0.384. The summed E-state index contributed by atoms with van der Waals surface area (Å²) in [6.45, 7) is 0.419. The third kappa shape index (κ3) is 4.80. The van der Waals surface area contributed by atoms with Gasteiger partial charge in [-0.3, -0.25) is 9.78 Å². The molecular formula is C22H24F3N3O3S. The Labute approximate surface area is 185 Å². The molecule has 2 aromatic rings. The van der Waals surface area contributed by atoms with Crippen molar-refractivity contribution < 1.29 is 26.4 Å².